The van der Waals surface area contributed by atoms with Crippen LogP contribution in [-0.4, -0.2) is 53.0 Å². The molecule has 0 aliphatic carbocycles. The van der Waals surface area contributed by atoms with Crippen LogP contribution in [0, 0.1) is 6.92 Å². The summed E-state index contributed by atoms with van der Waals surface area (Å²) in [4.78, 5) is 14.7. The molecule has 2 aromatic carbocycles. The van der Waals surface area contributed by atoms with Crippen molar-refractivity contribution < 1.29 is 13.9 Å². The molecule has 0 spiro atoms. The molecular weight excluding hydrogens is 395 g/mol. The lowest BCUT2D eigenvalue weighted by molar-refractivity contribution is 0.102. The van der Waals surface area contributed by atoms with E-state index >= 15 is 0 Å². The average molecular weight is 423 g/mol. The van der Waals surface area contributed by atoms with Crippen molar-refractivity contribution in [3.05, 3.63) is 65.9 Å². The molecule has 162 valence electrons. The van der Waals surface area contributed by atoms with Crippen LogP contribution in [0.4, 0.5) is 10.1 Å². The fraction of sp³-hybridized carbons (Fsp3) is 0.333. The van der Waals surface area contributed by atoms with Gasteiger partial charge in [0.2, 0.25) is 0 Å². The molecule has 0 radical (unpaired) electrons. The number of nitrogens with zero attached hydrogens (tertiary/aromatic N) is 3. The summed E-state index contributed by atoms with van der Waals surface area (Å²) in [7, 11) is 1.86. The fourth-order valence-corrected chi connectivity index (χ4v) is 3.83. The van der Waals surface area contributed by atoms with Gasteiger partial charge in [-0.15, -0.1) is 0 Å². The number of halogens is 1. The quantitative estimate of drug-likeness (QED) is 0.624. The van der Waals surface area contributed by atoms with E-state index in [9.17, 15) is 9.18 Å². The predicted molar refractivity (Wildman–Crippen MR) is 119 cm³/mol. The molecule has 1 N–H and O–H groups in total. The van der Waals surface area contributed by atoms with Gasteiger partial charge in [0.15, 0.2) is 0 Å². The number of rotatable bonds is 7. The Labute approximate surface area is 181 Å². The molecule has 1 amide bonds. The van der Waals surface area contributed by atoms with Crippen molar-refractivity contribution in [2.75, 3.05) is 31.6 Å². The van der Waals surface area contributed by atoms with Crippen molar-refractivity contribution >= 4 is 11.6 Å². The van der Waals surface area contributed by atoms with Gasteiger partial charge in [-0.25, -0.2) is 4.39 Å². The Bertz CT molecular complexity index is 1070. The Morgan fingerprint density at radius 3 is 2.84 bits per heavy atom. The fourth-order valence-electron chi connectivity index (χ4n) is 3.83. The van der Waals surface area contributed by atoms with Crippen LogP contribution in [0.3, 0.4) is 0 Å². The molecule has 2 heterocycles. The second-order valence-electron chi connectivity index (χ2n) is 7.91. The number of alkyl halides is 1. The highest BCUT2D eigenvalue weighted by Gasteiger charge is 2.21. The molecule has 1 unspecified atom stereocenters. The second kappa shape index (κ2) is 9.31. The molecule has 1 fully saturated rings. The normalized spacial score (nSPS) is 16.4. The number of nitrogens with one attached hydrogen (secondary N) is 1. The summed E-state index contributed by atoms with van der Waals surface area (Å²) in [5.41, 5.74) is 4.04. The number of hydrogen-bond donors (Lipinski definition) is 1. The summed E-state index contributed by atoms with van der Waals surface area (Å²) >= 11 is 0. The smallest absolute Gasteiger partial charge is 0.255 e. The Morgan fingerprint density at radius 2 is 2.13 bits per heavy atom. The number of aryl methyl sites for hydroxylation is 2. The van der Waals surface area contributed by atoms with Crippen molar-refractivity contribution in [3.63, 3.8) is 0 Å². The van der Waals surface area contributed by atoms with Gasteiger partial charge in [-0.1, -0.05) is 17.7 Å². The minimum atomic E-state index is -0.735. The van der Waals surface area contributed by atoms with Gasteiger partial charge in [0.25, 0.3) is 5.91 Å². The first-order valence-corrected chi connectivity index (χ1v) is 10.5. The zero-order chi connectivity index (χ0) is 21.8. The maximum Gasteiger partial charge on any atom is 0.255 e. The van der Waals surface area contributed by atoms with Crippen LogP contribution in [0.25, 0.3) is 11.3 Å². The molecule has 1 aromatic heterocycles. The molecule has 1 atom stereocenters. The Balaban J connectivity index is 1.52. The Kier molecular flexibility index (Phi) is 6.32. The predicted octanol–water partition coefficient (Wildman–Crippen LogP) is 4.07. The first kappa shape index (κ1) is 21.1. The van der Waals surface area contributed by atoms with E-state index in [0.717, 1.165) is 23.4 Å². The summed E-state index contributed by atoms with van der Waals surface area (Å²) in [6.07, 6.45) is 1.58. The molecule has 31 heavy (non-hydrogen) atoms. The number of ether oxygens (including phenoxy) is 1. The lowest BCUT2D eigenvalue weighted by Crippen LogP contribution is -2.26. The standard InChI is InChI=1S/C24H27FN4O2/c1-17-4-3-5-18(14-17)24(30)27-20-6-7-23(21(15-20)22-8-10-26-28(22)2)31-13-12-29-11-9-19(25)16-29/h3-8,10,14-15,19H,9,11-13,16H2,1-2H3,(H,27,30). The molecule has 1 aliphatic heterocycles. The van der Waals surface area contributed by atoms with Gasteiger partial charge in [0, 0.05) is 49.7 Å². The number of aromatic nitrogens is 2. The maximum absolute atomic E-state index is 13.4. The zero-order valence-electron chi connectivity index (χ0n) is 17.8. The first-order valence-electron chi connectivity index (χ1n) is 10.5. The van der Waals surface area contributed by atoms with Gasteiger partial charge in [0.1, 0.15) is 18.5 Å². The van der Waals surface area contributed by atoms with Gasteiger partial charge >= 0.3 is 0 Å². The van der Waals surface area contributed by atoms with E-state index in [4.69, 9.17) is 4.74 Å². The number of benzene rings is 2. The van der Waals surface area contributed by atoms with E-state index in [0.29, 0.717) is 43.1 Å². The van der Waals surface area contributed by atoms with E-state index in [1.54, 1.807) is 16.9 Å². The minimum absolute atomic E-state index is 0.164. The monoisotopic (exact) mass is 422 g/mol. The van der Waals surface area contributed by atoms with Crippen LogP contribution in [-0.2, 0) is 7.05 Å². The van der Waals surface area contributed by atoms with Crippen molar-refractivity contribution in [1.82, 2.24) is 14.7 Å². The SMILES string of the molecule is Cc1cccc(C(=O)Nc2ccc(OCCN3CCC(F)C3)c(-c3ccnn3C)c2)c1. The number of anilines is 1. The number of hydrogen-bond acceptors (Lipinski definition) is 4. The lowest BCUT2D eigenvalue weighted by atomic mass is 10.1. The van der Waals surface area contributed by atoms with Crippen molar-refractivity contribution in [2.45, 2.75) is 19.5 Å². The van der Waals surface area contributed by atoms with Gasteiger partial charge in [-0.3, -0.25) is 14.4 Å². The third kappa shape index (κ3) is 5.11. The second-order valence-corrected chi connectivity index (χ2v) is 7.91. The maximum atomic E-state index is 13.4. The molecule has 3 aromatic rings. The van der Waals surface area contributed by atoms with Gasteiger partial charge in [-0.2, -0.15) is 5.10 Å². The number of carbonyl (C=O) groups excluding carboxylic acids is 1. The average Bonchev–Trinajstić information content (AvgIpc) is 3.36. The van der Waals surface area contributed by atoms with E-state index < -0.39 is 6.17 Å². The topological polar surface area (TPSA) is 59.4 Å². The molecule has 0 bridgehead atoms. The van der Waals surface area contributed by atoms with Crippen LogP contribution in [0.2, 0.25) is 0 Å². The van der Waals surface area contributed by atoms with Crippen molar-refractivity contribution in [1.29, 1.82) is 0 Å². The Hall–Kier alpha value is -3.19. The third-order valence-electron chi connectivity index (χ3n) is 5.49. The summed E-state index contributed by atoms with van der Waals surface area (Å²) in [6, 6.07) is 15.0. The lowest BCUT2D eigenvalue weighted by Gasteiger charge is -2.17. The highest BCUT2D eigenvalue weighted by Crippen LogP contribution is 2.32. The van der Waals surface area contributed by atoms with Crippen LogP contribution in [0.1, 0.15) is 22.3 Å². The van der Waals surface area contributed by atoms with Gasteiger partial charge in [0.05, 0.1) is 5.69 Å². The summed E-state index contributed by atoms with van der Waals surface area (Å²) < 4.78 is 21.2. The summed E-state index contributed by atoms with van der Waals surface area (Å²) in [6.45, 7) is 4.34. The van der Waals surface area contributed by atoms with Gasteiger partial charge < -0.3 is 10.1 Å². The van der Waals surface area contributed by atoms with Gasteiger partial charge in [-0.05, 0) is 49.7 Å². The number of carbonyl (C=O) groups is 1. The summed E-state index contributed by atoms with van der Waals surface area (Å²) in [5.74, 6) is 0.538. The number of likely N-dealkylation sites (tertiary alicyclic amines) is 1. The largest absolute Gasteiger partial charge is 0.492 e. The Morgan fingerprint density at radius 1 is 1.26 bits per heavy atom. The molecule has 1 saturated heterocycles. The highest BCUT2D eigenvalue weighted by molar-refractivity contribution is 6.04. The van der Waals surface area contributed by atoms with Crippen LogP contribution in [0.15, 0.2) is 54.7 Å². The highest BCUT2D eigenvalue weighted by atomic mass is 19.1. The van der Waals surface area contributed by atoms with Crippen molar-refractivity contribution in [2.24, 2.45) is 7.05 Å². The van der Waals surface area contributed by atoms with Crippen molar-refractivity contribution in [3.8, 4) is 17.0 Å². The minimum Gasteiger partial charge on any atom is -0.492 e. The molecule has 4 rings (SSSR count). The molecular formula is C24H27FN4O2. The van der Waals surface area contributed by atoms with E-state index in [-0.39, 0.29) is 5.91 Å². The van der Waals surface area contributed by atoms with Crippen LogP contribution >= 0.6 is 0 Å². The van der Waals surface area contributed by atoms with Crippen LogP contribution < -0.4 is 10.1 Å². The molecule has 1 aliphatic rings. The third-order valence-corrected chi connectivity index (χ3v) is 5.49. The molecule has 7 heteroatoms. The van der Waals surface area contributed by atoms with E-state index in [2.05, 4.69) is 15.3 Å². The molecule has 6 nitrogen and oxygen atoms in total. The van der Waals surface area contributed by atoms with E-state index in [1.807, 2.05) is 56.4 Å². The van der Waals surface area contributed by atoms with Crippen LogP contribution in [0.5, 0.6) is 5.75 Å². The van der Waals surface area contributed by atoms with E-state index in [1.165, 1.54) is 0 Å². The zero-order valence-corrected chi connectivity index (χ0v) is 17.8. The first-order chi connectivity index (χ1) is 15.0. The summed E-state index contributed by atoms with van der Waals surface area (Å²) in [5, 5.41) is 7.22. The molecule has 0 saturated carbocycles. The number of amides is 1.